The van der Waals surface area contributed by atoms with Gasteiger partial charge in [-0.25, -0.2) is 0 Å². The lowest BCUT2D eigenvalue weighted by Crippen LogP contribution is -2.41. The molecule has 0 spiro atoms. The summed E-state index contributed by atoms with van der Waals surface area (Å²) < 4.78 is 0. The van der Waals surface area contributed by atoms with Crippen molar-refractivity contribution >= 4 is 11.9 Å². The van der Waals surface area contributed by atoms with Crippen LogP contribution in [0.15, 0.2) is 0 Å². The summed E-state index contributed by atoms with van der Waals surface area (Å²) in [5, 5.41) is 8.98. The van der Waals surface area contributed by atoms with Gasteiger partial charge in [-0.05, 0) is 25.7 Å². The molecule has 15 heavy (non-hydrogen) atoms. The van der Waals surface area contributed by atoms with Gasteiger partial charge in [0, 0.05) is 6.04 Å². The smallest absolute Gasteiger partial charge is 0.288 e. The number of aromatic amines is 1. The largest absolute Gasteiger partial charge is 0.366 e. The Bertz CT molecular complexity index is 357. The van der Waals surface area contributed by atoms with E-state index in [1.165, 1.54) is 19.3 Å². The third kappa shape index (κ3) is 2.08. The molecule has 1 aromatic heterocycles. The Morgan fingerprint density at radius 3 is 2.87 bits per heavy atom. The standard InChI is InChI=1S/C9H15N5O/c1-5(6-3-2-4-6)11-8(15)7-12-9(10)14-13-7/h5-6H,2-4H2,1H3,(H,11,15)(H3,10,12,13,14). The van der Waals surface area contributed by atoms with Crippen molar-refractivity contribution < 1.29 is 4.79 Å². The fraction of sp³-hybridized carbons (Fsp3) is 0.667. The second-order valence-electron chi connectivity index (χ2n) is 4.00. The van der Waals surface area contributed by atoms with E-state index in [0.29, 0.717) is 5.92 Å². The van der Waals surface area contributed by atoms with Crippen LogP contribution < -0.4 is 11.1 Å². The van der Waals surface area contributed by atoms with Crippen LogP contribution in [0.4, 0.5) is 5.95 Å². The van der Waals surface area contributed by atoms with Crippen molar-refractivity contribution in [3.63, 3.8) is 0 Å². The normalized spacial score (nSPS) is 18.2. The van der Waals surface area contributed by atoms with E-state index >= 15 is 0 Å². The van der Waals surface area contributed by atoms with Gasteiger partial charge in [0.1, 0.15) is 0 Å². The Kier molecular flexibility index (Phi) is 2.57. The lowest BCUT2D eigenvalue weighted by atomic mass is 9.80. The van der Waals surface area contributed by atoms with Gasteiger partial charge in [0.15, 0.2) is 0 Å². The summed E-state index contributed by atoms with van der Waals surface area (Å²) in [5.74, 6) is 0.642. The van der Waals surface area contributed by atoms with Crippen molar-refractivity contribution in [2.45, 2.75) is 32.2 Å². The van der Waals surface area contributed by atoms with E-state index < -0.39 is 0 Å². The number of rotatable bonds is 3. The fourth-order valence-electron chi connectivity index (χ4n) is 1.71. The van der Waals surface area contributed by atoms with Crippen molar-refractivity contribution in [2.24, 2.45) is 5.92 Å². The van der Waals surface area contributed by atoms with Gasteiger partial charge in [-0.3, -0.25) is 9.89 Å². The molecular formula is C9H15N5O. The number of aromatic nitrogens is 3. The van der Waals surface area contributed by atoms with E-state index in [2.05, 4.69) is 20.5 Å². The molecule has 1 atom stereocenters. The van der Waals surface area contributed by atoms with Gasteiger partial charge in [-0.2, -0.15) is 4.98 Å². The number of anilines is 1. The Morgan fingerprint density at radius 2 is 2.40 bits per heavy atom. The molecule has 0 bridgehead atoms. The van der Waals surface area contributed by atoms with Gasteiger partial charge < -0.3 is 11.1 Å². The van der Waals surface area contributed by atoms with E-state index in [1.807, 2.05) is 6.92 Å². The van der Waals surface area contributed by atoms with E-state index in [-0.39, 0.29) is 23.7 Å². The molecule has 82 valence electrons. The molecule has 1 aliphatic rings. The maximum absolute atomic E-state index is 11.6. The molecule has 4 N–H and O–H groups in total. The van der Waals surface area contributed by atoms with E-state index in [4.69, 9.17) is 5.73 Å². The monoisotopic (exact) mass is 209 g/mol. The number of hydrogen-bond donors (Lipinski definition) is 3. The lowest BCUT2D eigenvalue weighted by molar-refractivity contribution is 0.0899. The van der Waals surface area contributed by atoms with E-state index in [1.54, 1.807) is 0 Å². The average Bonchev–Trinajstić information content (AvgIpc) is 2.48. The van der Waals surface area contributed by atoms with Crippen LogP contribution >= 0.6 is 0 Å². The van der Waals surface area contributed by atoms with E-state index in [9.17, 15) is 4.79 Å². The molecule has 1 unspecified atom stereocenters. The molecule has 6 nitrogen and oxygen atoms in total. The summed E-state index contributed by atoms with van der Waals surface area (Å²) in [7, 11) is 0. The molecule has 1 fully saturated rings. The van der Waals surface area contributed by atoms with Gasteiger partial charge in [-0.15, -0.1) is 5.10 Å². The van der Waals surface area contributed by atoms with Crippen molar-refractivity contribution in [2.75, 3.05) is 5.73 Å². The first-order valence-corrected chi connectivity index (χ1v) is 5.15. The molecular weight excluding hydrogens is 194 g/mol. The van der Waals surface area contributed by atoms with Gasteiger partial charge in [0.2, 0.25) is 11.8 Å². The summed E-state index contributed by atoms with van der Waals surface area (Å²) >= 11 is 0. The highest BCUT2D eigenvalue weighted by Gasteiger charge is 2.25. The van der Waals surface area contributed by atoms with Gasteiger partial charge in [0.05, 0.1) is 0 Å². The third-order valence-corrected chi connectivity index (χ3v) is 2.93. The zero-order valence-corrected chi connectivity index (χ0v) is 8.66. The van der Waals surface area contributed by atoms with Crippen molar-refractivity contribution in [1.29, 1.82) is 0 Å². The maximum Gasteiger partial charge on any atom is 0.288 e. The highest BCUT2D eigenvalue weighted by molar-refractivity contribution is 5.90. The summed E-state index contributed by atoms with van der Waals surface area (Å²) in [5.41, 5.74) is 5.31. The summed E-state index contributed by atoms with van der Waals surface area (Å²) in [6, 6.07) is 0.192. The molecule has 1 saturated carbocycles. The topological polar surface area (TPSA) is 96.7 Å². The quantitative estimate of drug-likeness (QED) is 0.667. The van der Waals surface area contributed by atoms with Crippen molar-refractivity contribution in [3.8, 4) is 0 Å². The number of nitrogens with two attached hydrogens (primary N) is 1. The minimum atomic E-state index is -0.237. The first-order chi connectivity index (χ1) is 7.16. The molecule has 0 saturated heterocycles. The molecule has 0 aromatic carbocycles. The highest BCUT2D eigenvalue weighted by Crippen LogP contribution is 2.29. The van der Waals surface area contributed by atoms with Gasteiger partial charge >= 0.3 is 0 Å². The minimum absolute atomic E-state index is 0.0939. The minimum Gasteiger partial charge on any atom is -0.366 e. The summed E-state index contributed by atoms with van der Waals surface area (Å²) in [6.07, 6.45) is 3.65. The Balaban J connectivity index is 1.91. The number of nitrogens with zero attached hydrogens (tertiary/aromatic N) is 2. The van der Waals surface area contributed by atoms with Crippen molar-refractivity contribution in [1.82, 2.24) is 20.5 Å². The molecule has 1 amide bonds. The molecule has 1 heterocycles. The third-order valence-electron chi connectivity index (χ3n) is 2.93. The average molecular weight is 209 g/mol. The summed E-state index contributed by atoms with van der Waals surface area (Å²) in [4.78, 5) is 15.4. The van der Waals surface area contributed by atoms with Crippen LogP contribution in [0.3, 0.4) is 0 Å². The van der Waals surface area contributed by atoms with Crippen LogP contribution in [0.25, 0.3) is 0 Å². The van der Waals surface area contributed by atoms with Crippen LogP contribution in [-0.2, 0) is 0 Å². The number of nitrogens with one attached hydrogen (secondary N) is 2. The molecule has 2 rings (SSSR count). The van der Waals surface area contributed by atoms with Crippen molar-refractivity contribution in [3.05, 3.63) is 5.82 Å². The molecule has 1 aliphatic carbocycles. The van der Waals surface area contributed by atoms with Crippen LogP contribution in [-0.4, -0.2) is 27.1 Å². The predicted octanol–water partition coefficient (Wildman–Crippen LogP) is 0.305. The fourth-order valence-corrected chi connectivity index (χ4v) is 1.71. The zero-order valence-electron chi connectivity index (χ0n) is 8.66. The second-order valence-corrected chi connectivity index (χ2v) is 4.00. The molecule has 6 heteroatoms. The Hall–Kier alpha value is -1.59. The number of H-pyrrole nitrogens is 1. The number of carbonyl (C=O) groups is 1. The predicted molar refractivity (Wildman–Crippen MR) is 55.1 cm³/mol. The first kappa shape index (κ1) is 9.95. The molecule has 1 aromatic rings. The molecule has 0 aliphatic heterocycles. The summed E-state index contributed by atoms with van der Waals surface area (Å²) in [6.45, 7) is 2.02. The van der Waals surface area contributed by atoms with Crippen LogP contribution in [0.2, 0.25) is 0 Å². The number of amides is 1. The number of carbonyl (C=O) groups excluding carboxylic acids is 1. The van der Waals surface area contributed by atoms with Crippen LogP contribution in [0, 0.1) is 5.92 Å². The second kappa shape index (κ2) is 3.88. The van der Waals surface area contributed by atoms with Crippen LogP contribution in [0.1, 0.15) is 36.8 Å². The zero-order chi connectivity index (χ0) is 10.8. The first-order valence-electron chi connectivity index (χ1n) is 5.15. The highest BCUT2D eigenvalue weighted by atomic mass is 16.2. The maximum atomic E-state index is 11.6. The van der Waals surface area contributed by atoms with Crippen LogP contribution in [0.5, 0.6) is 0 Å². The number of nitrogen functional groups attached to an aromatic ring is 1. The van der Waals surface area contributed by atoms with Gasteiger partial charge in [0.25, 0.3) is 5.91 Å². The number of hydrogen-bond acceptors (Lipinski definition) is 4. The lowest BCUT2D eigenvalue weighted by Gasteiger charge is -2.31. The van der Waals surface area contributed by atoms with Gasteiger partial charge in [-0.1, -0.05) is 6.42 Å². The SMILES string of the molecule is CC(NC(=O)c1nc(N)n[nH]1)C1CCC1. The Morgan fingerprint density at radius 1 is 1.67 bits per heavy atom. The Labute approximate surface area is 87.6 Å². The molecule has 0 radical (unpaired) electrons. The van der Waals surface area contributed by atoms with E-state index in [0.717, 1.165) is 0 Å².